The molecule has 20 heavy (non-hydrogen) atoms. The highest BCUT2D eigenvalue weighted by molar-refractivity contribution is 7.17. The molecular formula is C16H13ClO2S. The summed E-state index contributed by atoms with van der Waals surface area (Å²) in [5.74, 6) is 0.636. The monoisotopic (exact) mass is 304 g/mol. The van der Waals surface area contributed by atoms with Gasteiger partial charge in [0.2, 0.25) is 0 Å². The molecule has 0 saturated carbocycles. The summed E-state index contributed by atoms with van der Waals surface area (Å²) in [6.45, 7) is 0. The van der Waals surface area contributed by atoms with Gasteiger partial charge in [-0.3, -0.25) is 0 Å². The molecule has 0 aliphatic rings. The van der Waals surface area contributed by atoms with Gasteiger partial charge in [-0.15, -0.1) is 11.3 Å². The SMILES string of the molecule is COc1ccc(Cl)cc1C(O)c1csc2ccccc12. The quantitative estimate of drug-likeness (QED) is 0.763. The number of hydrogen-bond acceptors (Lipinski definition) is 3. The number of aliphatic hydroxyl groups is 1. The molecule has 102 valence electrons. The molecule has 1 unspecified atom stereocenters. The molecule has 1 aromatic heterocycles. The van der Waals surface area contributed by atoms with Crippen LogP contribution in [0.1, 0.15) is 17.2 Å². The van der Waals surface area contributed by atoms with Gasteiger partial charge in [0.25, 0.3) is 0 Å². The smallest absolute Gasteiger partial charge is 0.125 e. The normalized spacial score (nSPS) is 12.6. The second kappa shape index (κ2) is 5.44. The molecule has 0 saturated heterocycles. The molecule has 1 atom stereocenters. The Kier molecular flexibility index (Phi) is 3.66. The van der Waals surface area contributed by atoms with Gasteiger partial charge in [-0.05, 0) is 35.0 Å². The molecule has 2 aromatic carbocycles. The largest absolute Gasteiger partial charge is 0.496 e. The number of hydrogen-bond donors (Lipinski definition) is 1. The fourth-order valence-electron chi connectivity index (χ4n) is 2.30. The lowest BCUT2D eigenvalue weighted by Crippen LogP contribution is -2.01. The zero-order valence-electron chi connectivity index (χ0n) is 10.8. The van der Waals surface area contributed by atoms with Crippen LogP contribution in [0.4, 0.5) is 0 Å². The summed E-state index contributed by atoms with van der Waals surface area (Å²) in [7, 11) is 1.59. The first-order valence-corrected chi connectivity index (χ1v) is 7.44. The Bertz CT molecular complexity index is 751. The lowest BCUT2D eigenvalue weighted by Gasteiger charge is -2.15. The van der Waals surface area contributed by atoms with Crippen molar-refractivity contribution in [3.8, 4) is 5.75 Å². The Morgan fingerprint density at radius 2 is 1.95 bits per heavy atom. The lowest BCUT2D eigenvalue weighted by molar-refractivity contribution is 0.216. The Morgan fingerprint density at radius 1 is 1.15 bits per heavy atom. The van der Waals surface area contributed by atoms with Crippen LogP contribution in [0.3, 0.4) is 0 Å². The second-order valence-corrected chi connectivity index (χ2v) is 5.82. The minimum atomic E-state index is -0.750. The van der Waals surface area contributed by atoms with Gasteiger partial charge in [-0.1, -0.05) is 29.8 Å². The number of benzene rings is 2. The number of thiophene rings is 1. The molecule has 0 bridgehead atoms. The first kappa shape index (κ1) is 13.4. The van der Waals surface area contributed by atoms with E-state index >= 15 is 0 Å². The minimum Gasteiger partial charge on any atom is -0.496 e. The zero-order valence-corrected chi connectivity index (χ0v) is 12.4. The van der Waals surface area contributed by atoms with Crippen molar-refractivity contribution in [2.45, 2.75) is 6.10 Å². The fraction of sp³-hybridized carbons (Fsp3) is 0.125. The van der Waals surface area contributed by atoms with Crippen LogP contribution in [0, 0.1) is 0 Å². The summed E-state index contributed by atoms with van der Waals surface area (Å²) in [5, 5.41) is 14.3. The van der Waals surface area contributed by atoms with Crippen LogP contribution in [-0.2, 0) is 0 Å². The van der Waals surface area contributed by atoms with Crippen molar-refractivity contribution < 1.29 is 9.84 Å². The van der Waals surface area contributed by atoms with Crippen molar-refractivity contribution in [3.05, 3.63) is 64.0 Å². The van der Waals surface area contributed by atoms with Crippen LogP contribution in [0.25, 0.3) is 10.1 Å². The first-order chi connectivity index (χ1) is 9.70. The van der Waals surface area contributed by atoms with Gasteiger partial charge in [-0.2, -0.15) is 0 Å². The van der Waals surface area contributed by atoms with E-state index < -0.39 is 6.10 Å². The van der Waals surface area contributed by atoms with Crippen LogP contribution < -0.4 is 4.74 Å². The summed E-state index contributed by atoms with van der Waals surface area (Å²) in [4.78, 5) is 0. The highest BCUT2D eigenvalue weighted by Crippen LogP contribution is 2.37. The predicted octanol–water partition coefficient (Wildman–Crippen LogP) is 4.65. The van der Waals surface area contributed by atoms with Gasteiger partial charge in [0.05, 0.1) is 7.11 Å². The molecule has 0 aliphatic heterocycles. The van der Waals surface area contributed by atoms with Gasteiger partial charge >= 0.3 is 0 Å². The number of fused-ring (bicyclic) bond motifs is 1. The van der Waals surface area contributed by atoms with E-state index in [-0.39, 0.29) is 0 Å². The average Bonchev–Trinajstić information content (AvgIpc) is 2.90. The molecular weight excluding hydrogens is 292 g/mol. The molecule has 4 heteroatoms. The minimum absolute atomic E-state index is 0.583. The van der Waals surface area contributed by atoms with E-state index in [1.165, 1.54) is 0 Å². The van der Waals surface area contributed by atoms with Gasteiger partial charge in [-0.25, -0.2) is 0 Å². The van der Waals surface area contributed by atoms with Gasteiger partial charge in [0, 0.05) is 20.8 Å². The Hall–Kier alpha value is -1.55. The Labute approximate surface area is 126 Å². The molecule has 0 fully saturated rings. The maximum atomic E-state index is 10.7. The number of methoxy groups -OCH3 is 1. The molecule has 0 amide bonds. The summed E-state index contributed by atoms with van der Waals surface area (Å²) in [5.41, 5.74) is 1.56. The van der Waals surface area contributed by atoms with E-state index in [1.807, 2.05) is 29.6 Å². The number of ether oxygens (including phenoxy) is 1. The van der Waals surface area contributed by atoms with Gasteiger partial charge < -0.3 is 9.84 Å². The summed E-state index contributed by atoms with van der Waals surface area (Å²) in [6.07, 6.45) is -0.750. The predicted molar refractivity (Wildman–Crippen MR) is 83.9 cm³/mol. The number of aliphatic hydroxyl groups excluding tert-OH is 1. The van der Waals surface area contributed by atoms with Crippen molar-refractivity contribution >= 4 is 33.0 Å². The van der Waals surface area contributed by atoms with Crippen molar-refractivity contribution in [2.75, 3.05) is 7.11 Å². The van der Waals surface area contributed by atoms with E-state index in [4.69, 9.17) is 16.3 Å². The van der Waals surface area contributed by atoms with E-state index in [1.54, 1.807) is 36.6 Å². The highest BCUT2D eigenvalue weighted by Gasteiger charge is 2.19. The van der Waals surface area contributed by atoms with E-state index in [0.29, 0.717) is 16.3 Å². The van der Waals surface area contributed by atoms with E-state index in [2.05, 4.69) is 0 Å². The van der Waals surface area contributed by atoms with Crippen molar-refractivity contribution in [2.24, 2.45) is 0 Å². The van der Waals surface area contributed by atoms with Crippen LogP contribution in [0.2, 0.25) is 5.02 Å². The summed E-state index contributed by atoms with van der Waals surface area (Å²) < 4.78 is 6.47. The van der Waals surface area contributed by atoms with Gasteiger partial charge in [0.15, 0.2) is 0 Å². The maximum Gasteiger partial charge on any atom is 0.125 e. The van der Waals surface area contributed by atoms with Gasteiger partial charge in [0.1, 0.15) is 11.9 Å². The third-order valence-corrected chi connectivity index (χ3v) is 4.51. The Balaban J connectivity index is 2.13. The molecule has 3 aromatic rings. The third kappa shape index (κ3) is 2.29. The van der Waals surface area contributed by atoms with E-state index in [0.717, 1.165) is 15.6 Å². The van der Waals surface area contributed by atoms with Crippen LogP contribution in [-0.4, -0.2) is 12.2 Å². The average molecular weight is 305 g/mol. The standard InChI is InChI=1S/C16H13ClO2S/c1-19-14-7-6-10(17)8-12(14)16(18)13-9-20-15-5-3-2-4-11(13)15/h2-9,16,18H,1H3. The number of halogens is 1. The first-order valence-electron chi connectivity index (χ1n) is 6.18. The molecule has 1 heterocycles. The van der Waals surface area contributed by atoms with Crippen LogP contribution >= 0.6 is 22.9 Å². The lowest BCUT2D eigenvalue weighted by atomic mass is 10.00. The van der Waals surface area contributed by atoms with Crippen molar-refractivity contribution in [3.63, 3.8) is 0 Å². The molecule has 2 nitrogen and oxygen atoms in total. The van der Waals surface area contributed by atoms with Crippen molar-refractivity contribution in [1.29, 1.82) is 0 Å². The third-order valence-electron chi connectivity index (χ3n) is 3.29. The molecule has 1 N–H and O–H groups in total. The molecule has 0 radical (unpaired) electrons. The second-order valence-electron chi connectivity index (χ2n) is 4.48. The maximum absolute atomic E-state index is 10.7. The van der Waals surface area contributed by atoms with Crippen molar-refractivity contribution in [1.82, 2.24) is 0 Å². The van der Waals surface area contributed by atoms with E-state index in [9.17, 15) is 5.11 Å². The molecule has 0 spiro atoms. The zero-order chi connectivity index (χ0) is 14.1. The summed E-state index contributed by atoms with van der Waals surface area (Å²) >= 11 is 7.65. The van der Waals surface area contributed by atoms with Crippen LogP contribution in [0.5, 0.6) is 5.75 Å². The van der Waals surface area contributed by atoms with Crippen LogP contribution in [0.15, 0.2) is 47.8 Å². The topological polar surface area (TPSA) is 29.5 Å². The summed E-state index contributed by atoms with van der Waals surface area (Å²) in [6, 6.07) is 13.3. The number of rotatable bonds is 3. The fourth-order valence-corrected chi connectivity index (χ4v) is 3.46. The Morgan fingerprint density at radius 3 is 2.75 bits per heavy atom. The molecule has 0 aliphatic carbocycles. The highest BCUT2D eigenvalue weighted by atomic mass is 35.5. The molecule has 3 rings (SSSR count).